The topological polar surface area (TPSA) is 61.0 Å². The van der Waals surface area contributed by atoms with Crippen molar-refractivity contribution in [3.63, 3.8) is 0 Å². The molecule has 1 aromatic rings. The molecule has 0 atom stereocenters. The van der Waals surface area contributed by atoms with Crippen molar-refractivity contribution in [2.75, 3.05) is 12.3 Å². The van der Waals surface area contributed by atoms with Gasteiger partial charge in [0.25, 0.3) is 0 Å². The predicted octanol–water partition coefficient (Wildman–Crippen LogP) is 1.24. The van der Waals surface area contributed by atoms with Crippen molar-refractivity contribution in [2.24, 2.45) is 5.92 Å². The van der Waals surface area contributed by atoms with Gasteiger partial charge in [0.1, 0.15) is 5.82 Å². The van der Waals surface area contributed by atoms with Crippen molar-refractivity contribution < 1.29 is 4.74 Å². The first-order valence-corrected chi connectivity index (χ1v) is 4.55. The lowest BCUT2D eigenvalue weighted by molar-refractivity contribution is 0.290. The molecule has 0 aromatic carbocycles. The van der Waals surface area contributed by atoms with E-state index in [0.717, 1.165) is 18.9 Å². The standard InChI is InChI=1S/C9H13N3O/c10-8-5-12-9(6-11-8)13-4-3-7-1-2-7/h5-7H,1-4H2,(H2,10,11). The summed E-state index contributed by atoms with van der Waals surface area (Å²) in [7, 11) is 0. The average molecular weight is 179 g/mol. The van der Waals surface area contributed by atoms with Gasteiger partial charge in [0.15, 0.2) is 0 Å². The Balaban J connectivity index is 1.76. The van der Waals surface area contributed by atoms with Gasteiger partial charge in [-0.2, -0.15) is 0 Å². The van der Waals surface area contributed by atoms with Crippen molar-refractivity contribution >= 4 is 5.82 Å². The highest BCUT2D eigenvalue weighted by atomic mass is 16.5. The largest absolute Gasteiger partial charge is 0.477 e. The summed E-state index contributed by atoms with van der Waals surface area (Å²) in [6.45, 7) is 0.739. The van der Waals surface area contributed by atoms with E-state index in [9.17, 15) is 0 Å². The molecule has 1 heterocycles. The zero-order valence-corrected chi connectivity index (χ0v) is 7.44. The van der Waals surface area contributed by atoms with Gasteiger partial charge in [-0.1, -0.05) is 12.8 Å². The first-order chi connectivity index (χ1) is 6.34. The molecular weight excluding hydrogens is 166 g/mol. The number of nitrogen functional groups attached to an aromatic ring is 1. The van der Waals surface area contributed by atoms with Crippen molar-refractivity contribution in [3.8, 4) is 5.88 Å². The van der Waals surface area contributed by atoms with Gasteiger partial charge in [0, 0.05) is 0 Å². The first kappa shape index (κ1) is 8.29. The van der Waals surface area contributed by atoms with Gasteiger partial charge >= 0.3 is 0 Å². The Morgan fingerprint density at radius 1 is 1.38 bits per heavy atom. The summed E-state index contributed by atoms with van der Waals surface area (Å²) in [6, 6.07) is 0. The molecule has 1 saturated carbocycles. The summed E-state index contributed by atoms with van der Waals surface area (Å²) in [4.78, 5) is 7.87. The molecule has 2 N–H and O–H groups in total. The minimum absolute atomic E-state index is 0.426. The monoisotopic (exact) mass is 179 g/mol. The molecule has 1 aromatic heterocycles. The second-order valence-electron chi connectivity index (χ2n) is 3.36. The van der Waals surface area contributed by atoms with Gasteiger partial charge in [-0.15, -0.1) is 0 Å². The van der Waals surface area contributed by atoms with Crippen molar-refractivity contribution in [1.82, 2.24) is 9.97 Å². The minimum Gasteiger partial charge on any atom is -0.477 e. The van der Waals surface area contributed by atoms with Crippen LogP contribution in [0.3, 0.4) is 0 Å². The van der Waals surface area contributed by atoms with Crippen LogP contribution in [0.1, 0.15) is 19.3 Å². The molecule has 1 fully saturated rings. The second kappa shape index (κ2) is 3.60. The Labute approximate surface area is 77.1 Å². The number of ether oxygens (including phenoxy) is 1. The van der Waals surface area contributed by atoms with Crippen LogP contribution in [0, 0.1) is 5.92 Å². The number of hydrogen-bond donors (Lipinski definition) is 1. The molecule has 1 aliphatic carbocycles. The van der Waals surface area contributed by atoms with Gasteiger partial charge in [-0.25, -0.2) is 9.97 Å². The van der Waals surface area contributed by atoms with Gasteiger partial charge in [0.05, 0.1) is 19.0 Å². The molecule has 2 rings (SSSR count). The minimum atomic E-state index is 0.426. The third kappa shape index (κ3) is 2.57. The Morgan fingerprint density at radius 2 is 2.23 bits per heavy atom. The van der Waals surface area contributed by atoms with Crippen LogP contribution >= 0.6 is 0 Å². The smallest absolute Gasteiger partial charge is 0.232 e. The second-order valence-corrected chi connectivity index (χ2v) is 3.36. The van der Waals surface area contributed by atoms with Crippen molar-refractivity contribution in [2.45, 2.75) is 19.3 Å². The maximum absolute atomic E-state index is 5.38. The third-order valence-corrected chi connectivity index (χ3v) is 2.12. The molecular formula is C9H13N3O. The first-order valence-electron chi connectivity index (χ1n) is 4.55. The summed E-state index contributed by atoms with van der Waals surface area (Å²) in [5, 5.41) is 0. The molecule has 0 unspecified atom stereocenters. The lowest BCUT2D eigenvalue weighted by Gasteiger charge is -2.03. The molecule has 0 spiro atoms. The molecule has 0 aliphatic heterocycles. The molecule has 13 heavy (non-hydrogen) atoms. The molecule has 0 bridgehead atoms. The average Bonchev–Trinajstić information content (AvgIpc) is 2.92. The third-order valence-electron chi connectivity index (χ3n) is 2.12. The van der Waals surface area contributed by atoms with Crippen LogP contribution < -0.4 is 10.5 Å². The van der Waals surface area contributed by atoms with Gasteiger partial charge < -0.3 is 10.5 Å². The number of nitrogens with two attached hydrogens (primary N) is 1. The van der Waals surface area contributed by atoms with Gasteiger partial charge in [0.2, 0.25) is 5.88 Å². The van der Waals surface area contributed by atoms with E-state index in [-0.39, 0.29) is 0 Å². The Bertz CT molecular complexity index is 269. The molecule has 0 saturated heterocycles. The number of nitrogens with zero attached hydrogens (tertiary/aromatic N) is 2. The van der Waals surface area contributed by atoms with Gasteiger partial charge in [-0.05, 0) is 12.3 Å². The highest BCUT2D eigenvalue weighted by Crippen LogP contribution is 2.32. The van der Waals surface area contributed by atoms with E-state index in [4.69, 9.17) is 10.5 Å². The van der Waals surface area contributed by atoms with Crippen LogP contribution in [0.5, 0.6) is 5.88 Å². The molecule has 4 nitrogen and oxygen atoms in total. The van der Waals surface area contributed by atoms with E-state index in [0.29, 0.717) is 11.7 Å². The highest BCUT2D eigenvalue weighted by molar-refractivity contribution is 5.24. The molecule has 1 aliphatic rings. The molecule has 0 radical (unpaired) electrons. The highest BCUT2D eigenvalue weighted by Gasteiger charge is 2.20. The SMILES string of the molecule is Nc1cnc(OCCC2CC2)cn1. The number of hydrogen-bond acceptors (Lipinski definition) is 4. The van der Waals surface area contributed by atoms with Crippen LogP contribution in [0.15, 0.2) is 12.4 Å². The van der Waals surface area contributed by atoms with Crippen LogP contribution in [-0.4, -0.2) is 16.6 Å². The summed E-state index contributed by atoms with van der Waals surface area (Å²) < 4.78 is 5.38. The maximum Gasteiger partial charge on any atom is 0.232 e. The van der Waals surface area contributed by atoms with Crippen LogP contribution in [0.25, 0.3) is 0 Å². The van der Waals surface area contributed by atoms with E-state index in [1.54, 1.807) is 6.20 Å². The van der Waals surface area contributed by atoms with Crippen LogP contribution in [-0.2, 0) is 0 Å². The van der Waals surface area contributed by atoms with E-state index >= 15 is 0 Å². The lowest BCUT2D eigenvalue weighted by atomic mass is 10.3. The molecule has 0 amide bonds. The van der Waals surface area contributed by atoms with Crippen molar-refractivity contribution in [1.29, 1.82) is 0 Å². The fourth-order valence-corrected chi connectivity index (χ4v) is 1.14. The lowest BCUT2D eigenvalue weighted by Crippen LogP contribution is -2.01. The van der Waals surface area contributed by atoms with E-state index in [2.05, 4.69) is 9.97 Å². The van der Waals surface area contributed by atoms with E-state index in [1.807, 2.05) is 0 Å². The number of anilines is 1. The Kier molecular flexibility index (Phi) is 2.29. The fourth-order valence-electron chi connectivity index (χ4n) is 1.14. The van der Waals surface area contributed by atoms with Gasteiger partial charge in [-0.3, -0.25) is 0 Å². The summed E-state index contributed by atoms with van der Waals surface area (Å²) in [5.74, 6) is 1.88. The van der Waals surface area contributed by atoms with Crippen molar-refractivity contribution in [3.05, 3.63) is 12.4 Å². The molecule has 70 valence electrons. The molecule has 4 heteroatoms. The van der Waals surface area contributed by atoms with Crippen LogP contribution in [0.4, 0.5) is 5.82 Å². The zero-order chi connectivity index (χ0) is 9.10. The zero-order valence-electron chi connectivity index (χ0n) is 7.44. The summed E-state index contributed by atoms with van der Waals surface area (Å²) in [6.07, 6.45) is 6.91. The summed E-state index contributed by atoms with van der Waals surface area (Å²) >= 11 is 0. The predicted molar refractivity (Wildman–Crippen MR) is 49.3 cm³/mol. The maximum atomic E-state index is 5.38. The quantitative estimate of drug-likeness (QED) is 0.755. The number of aromatic nitrogens is 2. The summed E-state index contributed by atoms with van der Waals surface area (Å²) in [5.41, 5.74) is 5.38. The number of rotatable bonds is 4. The van der Waals surface area contributed by atoms with E-state index < -0.39 is 0 Å². The van der Waals surface area contributed by atoms with E-state index in [1.165, 1.54) is 19.0 Å². The fraction of sp³-hybridized carbons (Fsp3) is 0.556. The Morgan fingerprint density at radius 3 is 2.85 bits per heavy atom. The van der Waals surface area contributed by atoms with Crippen LogP contribution in [0.2, 0.25) is 0 Å². The Hall–Kier alpha value is -1.32. The normalized spacial score (nSPS) is 15.7.